The molecule has 4 N–H and O–H groups in total. The number of benzene rings is 1. The highest BCUT2D eigenvalue weighted by molar-refractivity contribution is 8.17. The minimum absolute atomic E-state index is 0.0411. The Morgan fingerprint density at radius 2 is 1.60 bits per heavy atom. The number of unbranched alkanes of at least 4 members (excludes halogenated alkanes) is 2. The molecule has 12 nitrogen and oxygen atoms in total. The van der Waals surface area contributed by atoms with E-state index in [4.69, 9.17) is 20.6 Å². The van der Waals surface area contributed by atoms with Gasteiger partial charge >= 0.3 is 31.5 Å². The summed E-state index contributed by atoms with van der Waals surface area (Å²) in [7, 11) is -5.78. The molecule has 1 aromatic carbocycles. The van der Waals surface area contributed by atoms with Crippen LogP contribution in [0, 0.1) is 12.3 Å². The molecule has 40 heavy (non-hydrogen) atoms. The van der Waals surface area contributed by atoms with Crippen molar-refractivity contribution in [3.05, 3.63) is 24.3 Å². The molecule has 0 spiro atoms. The normalized spacial score (nSPS) is 23.2. The second kappa shape index (κ2) is 15.7. The number of esters is 3. The molecule has 0 saturated carbocycles. The first-order chi connectivity index (χ1) is 18.8. The van der Waals surface area contributed by atoms with Crippen molar-refractivity contribution in [2.24, 2.45) is 0 Å². The Bertz CT molecular complexity index is 1130. The summed E-state index contributed by atoms with van der Waals surface area (Å²) in [5.74, 6) is 0.733. The van der Waals surface area contributed by atoms with Gasteiger partial charge in [-0.1, -0.05) is 0 Å². The molecule has 0 aromatic heterocycles. The average Bonchev–Trinajstić information content (AvgIpc) is 2.84. The maximum Gasteiger partial charge on any atom is 0.325 e. The minimum Gasteiger partial charge on any atom is -0.458 e. The maximum atomic E-state index is 12.2. The van der Waals surface area contributed by atoms with Crippen LogP contribution in [0.2, 0.25) is 0 Å². The van der Waals surface area contributed by atoms with Gasteiger partial charge in [-0.25, -0.2) is 15.7 Å². The lowest BCUT2D eigenvalue weighted by molar-refractivity contribution is -0.182. The molecular weight excluding hydrogens is 563 g/mol. The van der Waals surface area contributed by atoms with E-state index in [1.807, 2.05) is 0 Å². The van der Waals surface area contributed by atoms with Crippen LogP contribution in [0.15, 0.2) is 29.2 Å². The van der Waals surface area contributed by atoms with Gasteiger partial charge in [0.15, 0.2) is 12.2 Å². The van der Waals surface area contributed by atoms with Crippen molar-refractivity contribution in [1.82, 2.24) is 5.32 Å². The number of amides is 2. The summed E-state index contributed by atoms with van der Waals surface area (Å²) in [5, 5.41) is 4.85. The number of rotatable bonds is 12. The molecule has 2 rings (SSSR count). The van der Waals surface area contributed by atoms with E-state index in [0.29, 0.717) is 18.7 Å². The van der Waals surface area contributed by atoms with Crippen LogP contribution < -0.4 is 10.6 Å². The van der Waals surface area contributed by atoms with Crippen molar-refractivity contribution in [2.45, 2.75) is 74.9 Å². The quantitative estimate of drug-likeness (QED) is 0.0598. The third-order valence-corrected chi connectivity index (χ3v) is 9.88. The standard InChI is InChI=1S/C26H37N2O10PS/c1-5-6-7-8-14-27-26(32)28-20-9-11-21(12-10-20)40-16-22(36-17(2)29)24(37-18(3)30)25(38-19(4)31)23(40)13-15-39(33,34)35/h1,9-12,22-25,40H,6-8,13-16H2,2-4H3,(H2,27,28,32)(H2,33,34,35)/t22-,23-,24+,25+/m1/s1. The fourth-order valence-corrected chi connectivity index (χ4v) is 8.32. The smallest absolute Gasteiger partial charge is 0.325 e. The van der Waals surface area contributed by atoms with Gasteiger partial charge in [0.1, 0.15) is 6.10 Å². The molecule has 1 aromatic rings. The summed E-state index contributed by atoms with van der Waals surface area (Å²) in [5.41, 5.74) is 0.509. The first-order valence-corrected chi connectivity index (χ1v) is 16.1. The van der Waals surface area contributed by atoms with Gasteiger partial charge in [0.2, 0.25) is 0 Å². The van der Waals surface area contributed by atoms with Crippen LogP contribution in [-0.4, -0.2) is 75.7 Å². The maximum absolute atomic E-state index is 12.2. The van der Waals surface area contributed by atoms with E-state index in [1.54, 1.807) is 24.3 Å². The fraction of sp³-hybridized carbons (Fsp3) is 0.538. The summed E-state index contributed by atoms with van der Waals surface area (Å²) >= 11 is 0. The Morgan fingerprint density at radius 1 is 1.00 bits per heavy atom. The van der Waals surface area contributed by atoms with Crippen LogP contribution in [-0.2, 0) is 33.2 Å². The number of carbonyl (C=O) groups is 4. The van der Waals surface area contributed by atoms with Crippen molar-refractivity contribution in [3.63, 3.8) is 0 Å². The highest BCUT2D eigenvalue weighted by Gasteiger charge is 2.49. The van der Waals surface area contributed by atoms with Crippen LogP contribution in [0.4, 0.5) is 10.5 Å². The molecule has 1 heterocycles. The molecule has 5 atom stereocenters. The van der Waals surface area contributed by atoms with Crippen LogP contribution >= 0.6 is 18.5 Å². The van der Waals surface area contributed by atoms with Crippen LogP contribution in [0.25, 0.3) is 0 Å². The molecule has 1 saturated heterocycles. The molecule has 1 aliphatic rings. The van der Waals surface area contributed by atoms with Crippen LogP contribution in [0.5, 0.6) is 0 Å². The predicted molar refractivity (Wildman–Crippen MR) is 150 cm³/mol. The minimum atomic E-state index is -4.42. The second-order valence-electron chi connectivity index (χ2n) is 9.28. The Labute approximate surface area is 236 Å². The molecule has 1 unspecified atom stereocenters. The number of hydrogen-bond acceptors (Lipinski definition) is 8. The Balaban J connectivity index is 2.35. The van der Waals surface area contributed by atoms with Gasteiger partial charge in [-0.2, -0.15) is 0 Å². The van der Waals surface area contributed by atoms with Crippen molar-refractivity contribution < 1.29 is 47.7 Å². The Hall–Kier alpha value is -3.04. The van der Waals surface area contributed by atoms with Crippen molar-refractivity contribution >= 4 is 48.1 Å². The molecule has 222 valence electrons. The number of hydrogen-bond donors (Lipinski definition) is 5. The number of urea groups is 1. The Morgan fingerprint density at radius 3 is 2.15 bits per heavy atom. The summed E-state index contributed by atoms with van der Waals surface area (Å²) in [6.45, 7) is 4.01. The van der Waals surface area contributed by atoms with Crippen molar-refractivity contribution in [2.75, 3.05) is 23.8 Å². The molecule has 1 aliphatic heterocycles. The van der Waals surface area contributed by atoms with Crippen LogP contribution in [0.3, 0.4) is 0 Å². The molecular formula is C26H37N2O10PS. The topological polar surface area (TPSA) is 178 Å². The first kappa shape index (κ1) is 33.2. The lowest BCUT2D eigenvalue weighted by Crippen LogP contribution is -2.56. The molecule has 2 amide bonds. The molecule has 0 bridgehead atoms. The van der Waals surface area contributed by atoms with E-state index in [2.05, 4.69) is 16.6 Å². The lowest BCUT2D eigenvalue weighted by atomic mass is 10.0. The Kier molecular flexibility index (Phi) is 13.0. The van der Waals surface area contributed by atoms with E-state index in [9.17, 15) is 33.5 Å². The van der Waals surface area contributed by atoms with Gasteiger partial charge in [0, 0.05) is 50.4 Å². The summed E-state index contributed by atoms with van der Waals surface area (Å²) in [4.78, 5) is 68.0. The summed E-state index contributed by atoms with van der Waals surface area (Å²) in [6.07, 6.45) is 3.66. The number of ether oxygens (including phenoxy) is 3. The van der Waals surface area contributed by atoms with Crippen LogP contribution in [0.1, 0.15) is 46.5 Å². The van der Waals surface area contributed by atoms with Gasteiger partial charge in [0.25, 0.3) is 0 Å². The van der Waals surface area contributed by atoms with E-state index in [-0.39, 0.29) is 18.2 Å². The third-order valence-electron chi connectivity index (χ3n) is 5.97. The van der Waals surface area contributed by atoms with Gasteiger partial charge in [-0.3, -0.25) is 18.9 Å². The van der Waals surface area contributed by atoms with Crippen molar-refractivity contribution in [3.8, 4) is 12.3 Å². The SMILES string of the molecule is C#CCCCCNC(=O)Nc1ccc([SH]2C[C@@H](OC(C)=O)[C@H](OC(C)=O)[C@@H](OC(C)=O)[C@H]2CCP(=O)(O)O)cc1. The van der Waals surface area contributed by atoms with E-state index < -0.39 is 66.1 Å². The third kappa shape index (κ3) is 11.2. The van der Waals surface area contributed by atoms with Gasteiger partial charge in [0.05, 0.1) is 6.16 Å². The summed E-state index contributed by atoms with van der Waals surface area (Å²) in [6, 6.07) is 6.47. The zero-order valence-corrected chi connectivity index (χ0v) is 24.5. The molecule has 0 aliphatic carbocycles. The zero-order chi connectivity index (χ0) is 29.9. The predicted octanol–water partition coefficient (Wildman–Crippen LogP) is 2.72. The molecule has 14 heteroatoms. The van der Waals surface area contributed by atoms with Gasteiger partial charge in [-0.05, 0) is 48.4 Å². The number of terminal acetylenes is 1. The second-order valence-corrected chi connectivity index (χ2v) is 13.5. The number of thiol groups is 1. The van der Waals surface area contributed by atoms with E-state index in [1.165, 1.54) is 13.8 Å². The number of nitrogens with one attached hydrogen (secondary N) is 2. The average molecular weight is 601 g/mol. The number of carbonyl (C=O) groups excluding carboxylic acids is 4. The van der Waals surface area contributed by atoms with Gasteiger partial charge in [-0.15, -0.1) is 12.3 Å². The monoisotopic (exact) mass is 600 g/mol. The molecule has 1 fully saturated rings. The largest absolute Gasteiger partial charge is 0.458 e. The van der Waals surface area contributed by atoms with E-state index >= 15 is 0 Å². The van der Waals surface area contributed by atoms with Gasteiger partial charge < -0.3 is 34.6 Å². The molecule has 0 radical (unpaired) electrons. The summed E-state index contributed by atoms with van der Waals surface area (Å²) < 4.78 is 28.3. The lowest BCUT2D eigenvalue weighted by Gasteiger charge is -2.47. The number of anilines is 1. The highest BCUT2D eigenvalue weighted by atomic mass is 32.2. The highest BCUT2D eigenvalue weighted by Crippen LogP contribution is 2.52. The zero-order valence-electron chi connectivity index (χ0n) is 22.7. The van der Waals surface area contributed by atoms with E-state index in [0.717, 1.165) is 24.7 Å². The fourth-order valence-electron chi connectivity index (χ4n) is 4.41. The first-order valence-electron chi connectivity index (χ1n) is 12.7. The van der Waals surface area contributed by atoms with Crippen molar-refractivity contribution in [1.29, 1.82) is 0 Å².